The number of carboxylic acids is 1. The lowest BCUT2D eigenvalue weighted by Gasteiger charge is -2.15. The van der Waals surface area contributed by atoms with Gasteiger partial charge in [-0.25, -0.2) is 9.59 Å². The molecule has 0 aliphatic carbocycles. The van der Waals surface area contributed by atoms with Gasteiger partial charge in [0.05, 0.1) is 0 Å². The van der Waals surface area contributed by atoms with Crippen LogP contribution in [-0.4, -0.2) is 36.7 Å². The number of esters is 1. The van der Waals surface area contributed by atoms with Crippen molar-refractivity contribution in [3.05, 3.63) is 24.0 Å². The third-order valence-corrected chi connectivity index (χ3v) is 3.16. The molecule has 3 N–H and O–H groups in total. The van der Waals surface area contributed by atoms with E-state index in [1.54, 1.807) is 0 Å². The highest BCUT2D eigenvalue weighted by Crippen LogP contribution is 2.05. The van der Waals surface area contributed by atoms with Crippen LogP contribution in [0.15, 0.2) is 24.0 Å². The molecule has 0 rings (SSSR count). The van der Waals surface area contributed by atoms with E-state index in [0.29, 0.717) is 13.1 Å². The summed E-state index contributed by atoms with van der Waals surface area (Å²) < 4.78 is 4.99. The Kier molecular flexibility index (Phi) is 12.5. The van der Waals surface area contributed by atoms with Crippen molar-refractivity contribution >= 4 is 11.9 Å². The van der Waals surface area contributed by atoms with Crippen LogP contribution >= 0.6 is 0 Å². The van der Waals surface area contributed by atoms with Crippen LogP contribution in [0.4, 0.5) is 0 Å². The largest absolute Gasteiger partial charge is 0.477 e. The van der Waals surface area contributed by atoms with Gasteiger partial charge in [-0.05, 0) is 12.8 Å². The molecule has 0 amide bonds. The number of hydrogen-bond acceptors (Lipinski definition) is 5. The van der Waals surface area contributed by atoms with Gasteiger partial charge < -0.3 is 20.5 Å². The fourth-order valence-corrected chi connectivity index (χ4v) is 1.92. The van der Waals surface area contributed by atoms with Gasteiger partial charge in [0.25, 0.3) is 0 Å². The van der Waals surface area contributed by atoms with Gasteiger partial charge in [-0.2, -0.15) is 0 Å². The Labute approximate surface area is 139 Å². The molecule has 0 aliphatic heterocycles. The molecule has 0 heterocycles. The van der Waals surface area contributed by atoms with E-state index < -0.39 is 11.9 Å². The molecule has 0 saturated heterocycles. The molecule has 0 bridgehead atoms. The average Bonchev–Trinajstić information content (AvgIpc) is 2.53. The summed E-state index contributed by atoms with van der Waals surface area (Å²) in [6.45, 7) is 8.71. The van der Waals surface area contributed by atoms with Crippen LogP contribution in [0.25, 0.3) is 0 Å². The first-order valence-electron chi connectivity index (χ1n) is 8.31. The van der Waals surface area contributed by atoms with Crippen molar-refractivity contribution in [3.63, 3.8) is 0 Å². The van der Waals surface area contributed by atoms with E-state index in [1.807, 2.05) is 0 Å². The van der Waals surface area contributed by atoms with Crippen molar-refractivity contribution in [3.8, 4) is 0 Å². The van der Waals surface area contributed by atoms with Crippen LogP contribution in [0.1, 0.15) is 52.4 Å². The molecule has 23 heavy (non-hydrogen) atoms. The maximum Gasteiger partial charge on any atom is 0.357 e. The van der Waals surface area contributed by atoms with Crippen molar-refractivity contribution in [2.75, 3.05) is 19.7 Å². The average molecular weight is 326 g/mol. The molecule has 132 valence electrons. The summed E-state index contributed by atoms with van der Waals surface area (Å²) in [7, 11) is 0. The van der Waals surface area contributed by atoms with E-state index in [1.165, 1.54) is 6.08 Å². The zero-order chi connectivity index (χ0) is 17.5. The molecular weight excluding hydrogens is 296 g/mol. The molecule has 0 saturated carbocycles. The Morgan fingerprint density at radius 1 is 1.00 bits per heavy atom. The Morgan fingerprint density at radius 3 is 1.96 bits per heavy atom. The van der Waals surface area contributed by atoms with E-state index in [4.69, 9.17) is 4.74 Å². The fraction of sp³-hybridized carbons (Fsp3) is 0.647. The molecule has 0 aromatic rings. The first-order chi connectivity index (χ1) is 11.1. The quantitative estimate of drug-likeness (QED) is 0.197. The van der Waals surface area contributed by atoms with Gasteiger partial charge >= 0.3 is 11.9 Å². The summed E-state index contributed by atoms with van der Waals surface area (Å²) in [5.74, 6) is -1.85. The number of unbranched alkanes of at least 4 members (excludes halogenated alkanes) is 4. The Bertz CT molecular complexity index is 405. The van der Waals surface area contributed by atoms with Gasteiger partial charge in [0, 0.05) is 13.1 Å². The number of ether oxygens (including phenoxy) is 1. The summed E-state index contributed by atoms with van der Waals surface area (Å²) in [6, 6.07) is 0. The normalized spacial score (nSPS) is 11.4. The monoisotopic (exact) mass is 326 g/mol. The highest BCUT2D eigenvalue weighted by atomic mass is 16.5. The van der Waals surface area contributed by atoms with Gasteiger partial charge in [-0.15, -0.1) is 0 Å². The number of nitrogens with one attached hydrogen (secondary N) is 2. The van der Waals surface area contributed by atoms with Crippen LogP contribution in [0.3, 0.4) is 0 Å². The molecule has 0 aromatic carbocycles. The zero-order valence-corrected chi connectivity index (χ0v) is 14.3. The number of carbonyl (C=O) groups excluding carboxylic acids is 1. The first-order valence-corrected chi connectivity index (χ1v) is 8.31. The lowest BCUT2D eigenvalue weighted by Crippen LogP contribution is -2.33. The summed E-state index contributed by atoms with van der Waals surface area (Å²) in [5.41, 5.74) is -0.154. The zero-order valence-electron chi connectivity index (χ0n) is 14.3. The van der Waals surface area contributed by atoms with Crippen LogP contribution < -0.4 is 10.6 Å². The molecule has 0 fully saturated rings. The van der Waals surface area contributed by atoms with E-state index in [-0.39, 0.29) is 18.0 Å². The number of rotatable bonds is 14. The Hall–Kier alpha value is -1.98. The predicted octanol–water partition coefficient (Wildman–Crippen LogP) is 2.57. The molecule has 6 heteroatoms. The number of aliphatic carboxylic acids is 1. The molecule has 6 nitrogen and oxygen atoms in total. The van der Waals surface area contributed by atoms with Crippen molar-refractivity contribution in [1.29, 1.82) is 0 Å². The van der Waals surface area contributed by atoms with Crippen LogP contribution in [0.2, 0.25) is 0 Å². The topological polar surface area (TPSA) is 87.7 Å². The highest BCUT2D eigenvalue weighted by molar-refractivity contribution is 5.98. The van der Waals surface area contributed by atoms with Crippen molar-refractivity contribution < 1.29 is 19.4 Å². The van der Waals surface area contributed by atoms with E-state index in [0.717, 1.165) is 38.5 Å². The lowest BCUT2D eigenvalue weighted by atomic mass is 10.2. The standard InChI is InChI=1S/C17H30N2O4/c1-4-7-9-11-18-14(16(20)21)15(17(22)23-13-6-3)19-12-10-8-5-2/h6,18-19H,3-5,7-13H2,1-2H3,(H,20,21)/b15-14+. The highest BCUT2D eigenvalue weighted by Gasteiger charge is 2.21. The smallest absolute Gasteiger partial charge is 0.357 e. The van der Waals surface area contributed by atoms with Gasteiger partial charge in [0.2, 0.25) is 0 Å². The van der Waals surface area contributed by atoms with Crippen LogP contribution in [0, 0.1) is 0 Å². The SMILES string of the molecule is C=CCOC(=O)/C(NCCCCC)=C(\NCCCCC)C(=O)O. The third-order valence-electron chi connectivity index (χ3n) is 3.16. The van der Waals surface area contributed by atoms with Gasteiger partial charge in [-0.1, -0.05) is 52.2 Å². The Morgan fingerprint density at radius 2 is 1.52 bits per heavy atom. The van der Waals surface area contributed by atoms with Crippen molar-refractivity contribution in [1.82, 2.24) is 10.6 Å². The molecular formula is C17H30N2O4. The van der Waals surface area contributed by atoms with E-state index in [2.05, 4.69) is 31.1 Å². The minimum absolute atomic E-state index is 0.0213. The summed E-state index contributed by atoms with van der Waals surface area (Å²) in [4.78, 5) is 23.6. The van der Waals surface area contributed by atoms with E-state index in [9.17, 15) is 14.7 Å². The number of carboxylic acid groups (broad SMARTS) is 1. The van der Waals surface area contributed by atoms with Crippen LogP contribution in [0.5, 0.6) is 0 Å². The first kappa shape index (κ1) is 21.0. The number of carbonyl (C=O) groups is 2. The second-order valence-electron chi connectivity index (χ2n) is 5.21. The summed E-state index contributed by atoms with van der Waals surface area (Å²) in [5, 5.41) is 15.1. The molecule has 0 unspecified atom stereocenters. The maximum atomic E-state index is 12.1. The van der Waals surface area contributed by atoms with Crippen molar-refractivity contribution in [2.24, 2.45) is 0 Å². The third kappa shape index (κ3) is 9.60. The molecule has 0 aromatic heterocycles. The second kappa shape index (κ2) is 13.7. The molecule has 0 atom stereocenters. The van der Waals surface area contributed by atoms with E-state index >= 15 is 0 Å². The second-order valence-corrected chi connectivity index (χ2v) is 5.21. The molecule has 0 aliphatic rings. The predicted molar refractivity (Wildman–Crippen MR) is 90.9 cm³/mol. The van der Waals surface area contributed by atoms with Gasteiger partial charge in [0.1, 0.15) is 6.61 Å². The van der Waals surface area contributed by atoms with Crippen molar-refractivity contribution in [2.45, 2.75) is 52.4 Å². The van der Waals surface area contributed by atoms with Crippen LogP contribution in [-0.2, 0) is 14.3 Å². The minimum Gasteiger partial charge on any atom is -0.477 e. The number of hydrogen-bond donors (Lipinski definition) is 3. The lowest BCUT2D eigenvalue weighted by molar-refractivity contribution is -0.140. The van der Waals surface area contributed by atoms with Gasteiger partial charge in [-0.3, -0.25) is 0 Å². The fourth-order valence-electron chi connectivity index (χ4n) is 1.92. The summed E-state index contributed by atoms with van der Waals surface area (Å²) in [6.07, 6.45) is 7.24. The minimum atomic E-state index is -1.17. The van der Waals surface area contributed by atoms with Gasteiger partial charge in [0.15, 0.2) is 11.4 Å². The maximum absolute atomic E-state index is 12.1. The summed E-state index contributed by atoms with van der Waals surface area (Å²) >= 11 is 0. The Balaban J connectivity index is 5.02. The molecule has 0 spiro atoms. The molecule has 0 radical (unpaired) electrons.